The first-order valence-electron chi connectivity index (χ1n) is 5.73. The van der Waals surface area contributed by atoms with Crippen molar-refractivity contribution in [2.24, 2.45) is 5.41 Å². The maximum Gasteiger partial charge on any atom is 0.213 e. The van der Waals surface area contributed by atoms with Crippen molar-refractivity contribution in [3.8, 4) is 0 Å². The largest absolute Gasteiger partial charge is 0.479 e. The van der Waals surface area contributed by atoms with E-state index in [1.165, 1.54) is 0 Å². The summed E-state index contributed by atoms with van der Waals surface area (Å²) in [5.41, 5.74) is -0.0694. The van der Waals surface area contributed by atoms with Crippen LogP contribution in [0.4, 0.5) is 0 Å². The van der Waals surface area contributed by atoms with Crippen molar-refractivity contribution < 1.29 is 9.47 Å². The summed E-state index contributed by atoms with van der Waals surface area (Å²) in [4.78, 5) is 0. The van der Waals surface area contributed by atoms with Crippen LogP contribution in [0.5, 0.6) is 0 Å². The maximum atomic E-state index is 7.91. The zero-order chi connectivity index (χ0) is 11.5. The van der Waals surface area contributed by atoms with E-state index in [-0.39, 0.29) is 0 Å². The van der Waals surface area contributed by atoms with Crippen LogP contribution < -0.4 is 0 Å². The van der Waals surface area contributed by atoms with Crippen molar-refractivity contribution in [2.45, 2.75) is 52.1 Å². The van der Waals surface area contributed by atoms with Crippen molar-refractivity contribution in [3.05, 3.63) is 0 Å². The van der Waals surface area contributed by atoms with Gasteiger partial charge < -0.3 is 9.47 Å². The third kappa shape index (κ3) is 2.71. The van der Waals surface area contributed by atoms with Crippen LogP contribution in [0.25, 0.3) is 0 Å². The normalized spacial score (nSPS) is 23.5. The molecular formula is C12H23NO2. The highest BCUT2D eigenvalue weighted by molar-refractivity contribution is 5.82. The molecule has 0 aromatic heterocycles. The molecule has 0 bridgehead atoms. The molecule has 1 N–H and O–H groups in total. The van der Waals surface area contributed by atoms with Gasteiger partial charge in [-0.1, -0.05) is 13.8 Å². The highest BCUT2D eigenvalue weighted by atomic mass is 16.5. The third-order valence-electron chi connectivity index (χ3n) is 3.50. The number of nitrogens with one attached hydrogen (secondary N) is 1. The predicted octanol–water partition coefficient (Wildman–Crippen LogP) is 2.99. The van der Waals surface area contributed by atoms with Crippen LogP contribution in [-0.4, -0.2) is 25.2 Å². The second kappa shape index (κ2) is 4.52. The minimum absolute atomic E-state index is 0.308. The fourth-order valence-electron chi connectivity index (χ4n) is 2.13. The highest BCUT2D eigenvalue weighted by Gasteiger charge is 2.43. The Morgan fingerprint density at radius 1 is 1.20 bits per heavy atom. The quantitative estimate of drug-likeness (QED) is 0.578. The lowest BCUT2D eigenvalue weighted by atomic mass is 9.71. The monoisotopic (exact) mass is 213 g/mol. The van der Waals surface area contributed by atoms with Gasteiger partial charge in [-0.05, 0) is 38.0 Å². The van der Waals surface area contributed by atoms with E-state index >= 15 is 0 Å². The Hall–Kier alpha value is -0.570. The van der Waals surface area contributed by atoms with Gasteiger partial charge in [-0.25, -0.2) is 0 Å². The first kappa shape index (κ1) is 12.5. The molecule has 1 aliphatic rings. The summed E-state index contributed by atoms with van der Waals surface area (Å²) >= 11 is 0. The minimum Gasteiger partial charge on any atom is -0.479 e. The van der Waals surface area contributed by atoms with E-state index in [0.29, 0.717) is 17.9 Å². The van der Waals surface area contributed by atoms with Crippen LogP contribution in [0, 0.1) is 10.8 Å². The maximum absolute atomic E-state index is 7.91. The van der Waals surface area contributed by atoms with Gasteiger partial charge in [-0.15, -0.1) is 0 Å². The molecule has 88 valence electrons. The lowest BCUT2D eigenvalue weighted by molar-refractivity contribution is -0.0254. The lowest BCUT2D eigenvalue weighted by Gasteiger charge is -2.42. The molecule has 0 unspecified atom stereocenters. The molecule has 0 aromatic rings. The lowest BCUT2D eigenvalue weighted by Crippen LogP contribution is -2.46. The summed E-state index contributed by atoms with van der Waals surface area (Å²) in [6, 6.07) is 0. The summed E-state index contributed by atoms with van der Waals surface area (Å²) < 4.78 is 10.8. The summed E-state index contributed by atoms with van der Waals surface area (Å²) in [5.74, 6) is 0.308. The number of ether oxygens (including phenoxy) is 2. The molecule has 3 nitrogen and oxygen atoms in total. The van der Waals surface area contributed by atoms with Crippen LogP contribution in [-0.2, 0) is 9.47 Å². The predicted molar refractivity (Wildman–Crippen MR) is 61.3 cm³/mol. The van der Waals surface area contributed by atoms with Gasteiger partial charge in [0.05, 0.1) is 6.61 Å². The first-order valence-corrected chi connectivity index (χ1v) is 5.73. The number of hydrogen-bond acceptors (Lipinski definition) is 3. The van der Waals surface area contributed by atoms with Gasteiger partial charge in [-0.3, -0.25) is 5.41 Å². The highest BCUT2D eigenvalue weighted by Crippen LogP contribution is 2.42. The van der Waals surface area contributed by atoms with Gasteiger partial charge in [0, 0.05) is 7.11 Å². The van der Waals surface area contributed by atoms with E-state index in [1.54, 1.807) is 7.11 Å². The SMILES string of the molecule is CCOC(=N)C1(OC)CCC(C)(C)CC1. The Balaban J connectivity index is 2.68. The van der Waals surface area contributed by atoms with E-state index in [0.717, 1.165) is 25.7 Å². The van der Waals surface area contributed by atoms with Crippen molar-refractivity contribution in [2.75, 3.05) is 13.7 Å². The molecule has 1 saturated carbocycles. The molecule has 0 atom stereocenters. The number of hydrogen-bond donors (Lipinski definition) is 1. The van der Waals surface area contributed by atoms with Crippen molar-refractivity contribution in [3.63, 3.8) is 0 Å². The van der Waals surface area contributed by atoms with E-state index in [4.69, 9.17) is 14.9 Å². The zero-order valence-electron chi connectivity index (χ0n) is 10.4. The summed E-state index contributed by atoms with van der Waals surface area (Å²) in [5, 5.41) is 7.91. The Kier molecular flexibility index (Phi) is 3.77. The molecule has 0 amide bonds. The van der Waals surface area contributed by atoms with E-state index in [9.17, 15) is 0 Å². The van der Waals surface area contributed by atoms with Crippen molar-refractivity contribution in [1.29, 1.82) is 5.41 Å². The molecule has 1 rings (SSSR count). The van der Waals surface area contributed by atoms with Crippen molar-refractivity contribution >= 4 is 5.90 Å². The fourth-order valence-corrected chi connectivity index (χ4v) is 2.13. The average Bonchev–Trinajstić information content (AvgIpc) is 2.19. The molecule has 0 radical (unpaired) electrons. The second-order valence-electron chi connectivity index (χ2n) is 5.12. The molecule has 0 heterocycles. The Bertz CT molecular complexity index is 226. The second-order valence-corrected chi connectivity index (χ2v) is 5.12. The summed E-state index contributed by atoms with van der Waals surface area (Å²) in [6.45, 7) is 7.01. The number of methoxy groups -OCH3 is 1. The molecule has 0 spiro atoms. The zero-order valence-corrected chi connectivity index (χ0v) is 10.4. The molecule has 0 saturated heterocycles. The molecule has 0 aliphatic heterocycles. The average molecular weight is 213 g/mol. The first-order chi connectivity index (χ1) is 6.96. The molecular weight excluding hydrogens is 190 g/mol. The van der Waals surface area contributed by atoms with Gasteiger partial charge in [-0.2, -0.15) is 0 Å². The van der Waals surface area contributed by atoms with E-state index in [2.05, 4.69) is 13.8 Å². The number of rotatable bonds is 3. The van der Waals surface area contributed by atoms with Gasteiger partial charge in [0.2, 0.25) is 5.90 Å². The Morgan fingerprint density at radius 3 is 2.13 bits per heavy atom. The molecule has 0 aromatic carbocycles. The molecule has 1 aliphatic carbocycles. The smallest absolute Gasteiger partial charge is 0.213 e. The molecule has 3 heteroatoms. The van der Waals surface area contributed by atoms with Crippen LogP contribution in [0.3, 0.4) is 0 Å². The van der Waals surface area contributed by atoms with Crippen LogP contribution >= 0.6 is 0 Å². The molecule has 15 heavy (non-hydrogen) atoms. The fraction of sp³-hybridized carbons (Fsp3) is 0.917. The van der Waals surface area contributed by atoms with Crippen LogP contribution in [0.1, 0.15) is 46.5 Å². The van der Waals surface area contributed by atoms with E-state index in [1.807, 2.05) is 6.92 Å². The topological polar surface area (TPSA) is 42.3 Å². The molecule has 1 fully saturated rings. The summed E-state index contributed by atoms with van der Waals surface area (Å²) in [6.07, 6.45) is 3.98. The Morgan fingerprint density at radius 2 is 1.73 bits per heavy atom. The summed E-state index contributed by atoms with van der Waals surface area (Å²) in [7, 11) is 1.69. The third-order valence-corrected chi connectivity index (χ3v) is 3.50. The van der Waals surface area contributed by atoms with Crippen LogP contribution in [0.2, 0.25) is 0 Å². The van der Waals surface area contributed by atoms with Gasteiger partial charge in [0.1, 0.15) is 5.60 Å². The van der Waals surface area contributed by atoms with Gasteiger partial charge >= 0.3 is 0 Å². The minimum atomic E-state index is -0.453. The van der Waals surface area contributed by atoms with Crippen molar-refractivity contribution in [1.82, 2.24) is 0 Å². The van der Waals surface area contributed by atoms with Gasteiger partial charge in [0.25, 0.3) is 0 Å². The van der Waals surface area contributed by atoms with E-state index < -0.39 is 5.60 Å². The Labute approximate surface area is 92.7 Å². The standard InChI is InChI=1S/C12H23NO2/c1-5-15-10(13)12(14-4)8-6-11(2,3)7-9-12/h13H,5-9H2,1-4H3. The van der Waals surface area contributed by atoms with Gasteiger partial charge in [0.15, 0.2) is 0 Å². The van der Waals surface area contributed by atoms with Crippen LogP contribution in [0.15, 0.2) is 0 Å².